The van der Waals surface area contributed by atoms with E-state index in [4.69, 9.17) is 9.47 Å². The standard InChI is InChI=1S/C12H19NO2/c1-10(9-14-2)13-8-11-6-4-5-7-12(11)15-3/h4-7,10,13H,8-9H2,1-3H3/p+1/t10-/m1/s1. The lowest BCUT2D eigenvalue weighted by molar-refractivity contribution is -0.702. The van der Waals surface area contributed by atoms with Crippen molar-refractivity contribution in [1.29, 1.82) is 0 Å². The lowest BCUT2D eigenvalue weighted by Gasteiger charge is -2.11. The monoisotopic (exact) mass is 210 g/mol. The number of para-hydroxylation sites is 1. The highest BCUT2D eigenvalue weighted by molar-refractivity contribution is 5.32. The highest BCUT2D eigenvalue weighted by Crippen LogP contribution is 2.15. The second kappa shape index (κ2) is 6.43. The molecule has 0 bridgehead atoms. The first-order valence-corrected chi connectivity index (χ1v) is 5.22. The van der Waals surface area contributed by atoms with Crippen LogP contribution < -0.4 is 10.1 Å². The summed E-state index contributed by atoms with van der Waals surface area (Å²) >= 11 is 0. The Morgan fingerprint density at radius 3 is 2.67 bits per heavy atom. The maximum absolute atomic E-state index is 5.29. The molecule has 0 saturated heterocycles. The lowest BCUT2D eigenvalue weighted by Crippen LogP contribution is -2.88. The first-order valence-electron chi connectivity index (χ1n) is 5.22. The summed E-state index contributed by atoms with van der Waals surface area (Å²) in [4.78, 5) is 0. The van der Waals surface area contributed by atoms with E-state index in [1.165, 1.54) is 5.56 Å². The summed E-state index contributed by atoms with van der Waals surface area (Å²) in [5.74, 6) is 0.957. The van der Waals surface area contributed by atoms with Crippen LogP contribution in [0.25, 0.3) is 0 Å². The van der Waals surface area contributed by atoms with Crippen molar-refractivity contribution in [2.45, 2.75) is 19.5 Å². The van der Waals surface area contributed by atoms with Gasteiger partial charge in [0.25, 0.3) is 0 Å². The number of hydrogen-bond acceptors (Lipinski definition) is 2. The Kier molecular flexibility index (Phi) is 5.15. The Bertz CT molecular complexity index is 289. The van der Waals surface area contributed by atoms with Crippen LogP contribution in [0.5, 0.6) is 5.75 Å². The van der Waals surface area contributed by atoms with Gasteiger partial charge in [-0.25, -0.2) is 0 Å². The van der Waals surface area contributed by atoms with Crippen molar-refractivity contribution in [1.82, 2.24) is 0 Å². The summed E-state index contributed by atoms with van der Waals surface area (Å²) in [6.07, 6.45) is 0. The number of rotatable bonds is 6. The highest BCUT2D eigenvalue weighted by atomic mass is 16.5. The fraction of sp³-hybridized carbons (Fsp3) is 0.500. The van der Waals surface area contributed by atoms with Crippen LogP contribution >= 0.6 is 0 Å². The Labute approximate surface area is 91.4 Å². The molecule has 1 rings (SSSR count). The molecule has 0 aliphatic carbocycles. The normalized spacial score (nSPS) is 12.5. The minimum Gasteiger partial charge on any atom is -0.496 e. The summed E-state index contributed by atoms with van der Waals surface area (Å²) in [6.45, 7) is 3.85. The minimum atomic E-state index is 0.472. The van der Waals surface area contributed by atoms with Gasteiger partial charge in [0.15, 0.2) is 0 Å². The lowest BCUT2D eigenvalue weighted by atomic mass is 10.2. The molecule has 0 aliphatic heterocycles. The molecule has 15 heavy (non-hydrogen) atoms. The van der Waals surface area contributed by atoms with Crippen molar-refractivity contribution in [3.8, 4) is 5.75 Å². The molecule has 2 N–H and O–H groups in total. The Hall–Kier alpha value is -1.06. The summed E-state index contributed by atoms with van der Waals surface area (Å²) < 4.78 is 10.4. The molecule has 0 aromatic heterocycles. The summed E-state index contributed by atoms with van der Waals surface area (Å²) in [6, 6.07) is 8.58. The SMILES string of the molecule is COC[C@@H](C)[NH2+]Cc1ccccc1OC. The van der Waals surface area contributed by atoms with E-state index in [9.17, 15) is 0 Å². The molecule has 0 unspecified atom stereocenters. The second-order valence-electron chi connectivity index (χ2n) is 3.68. The molecule has 84 valence electrons. The molecule has 0 heterocycles. The van der Waals surface area contributed by atoms with Crippen LogP contribution in [0.3, 0.4) is 0 Å². The van der Waals surface area contributed by atoms with Gasteiger partial charge in [0.05, 0.1) is 13.7 Å². The topological polar surface area (TPSA) is 35.1 Å². The number of ether oxygens (including phenoxy) is 2. The molecule has 0 radical (unpaired) electrons. The van der Waals surface area contributed by atoms with Crippen LogP contribution in [0.4, 0.5) is 0 Å². The van der Waals surface area contributed by atoms with Crippen LogP contribution in [0.1, 0.15) is 12.5 Å². The van der Waals surface area contributed by atoms with Crippen LogP contribution in [0.15, 0.2) is 24.3 Å². The van der Waals surface area contributed by atoms with E-state index >= 15 is 0 Å². The number of hydrogen-bond donors (Lipinski definition) is 1. The molecule has 3 nitrogen and oxygen atoms in total. The van der Waals surface area contributed by atoms with Crippen molar-refractivity contribution in [2.75, 3.05) is 20.8 Å². The third-order valence-electron chi connectivity index (χ3n) is 2.36. The van der Waals surface area contributed by atoms with Gasteiger partial charge in [0.1, 0.15) is 18.3 Å². The molecular formula is C12H20NO2+. The van der Waals surface area contributed by atoms with Gasteiger partial charge < -0.3 is 14.8 Å². The first-order chi connectivity index (χ1) is 7.27. The quantitative estimate of drug-likeness (QED) is 0.753. The fourth-order valence-electron chi connectivity index (χ4n) is 1.53. The summed E-state index contributed by atoms with van der Waals surface area (Å²) in [7, 11) is 3.44. The van der Waals surface area contributed by atoms with Crippen LogP contribution in [-0.2, 0) is 11.3 Å². The predicted octanol–water partition coefficient (Wildman–Crippen LogP) is 0.794. The van der Waals surface area contributed by atoms with Gasteiger partial charge in [0, 0.05) is 12.7 Å². The smallest absolute Gasteiger partial charge is 0.127 e. The first kappa shape index (κ1) is 12.0. The zero-order valence-corrected chi connectivity index (χ0v) is 9.69. The van der Waals surface area contributed by atoms with Gasteiger partial charge >= 0.3 is 0 Å². The zero-order chi connectivity index (χ0) is 11.1. The second-order valence-corrected chi connectivity index (χ2v) is 3.68. The summed E-state index contributed by atoms with van der Waals surface area (Å²) in [5, 5.41) is 2.25. The van der Waals surface area contributed by atoms with Crippen molar-refractivity contribution >= 4 is 0 Å². The maximum Gasteiger partial charge on any atom is 0.127 e. The number of nitrogens with two attached hydrogens (primary N) is 1. The van der Waals surface area contributed by atoms with E-state index in [0.717, 1.165) is 18.9 Å². The van der Waals surface area contributed by atoms with Gasteiger partial charge in [-0.1, -0.05) is 12.1 Å². The van der Waals surface area contributed by atoms with E-state index < -0.39 is 0 Å². The fourth-order valence-corrected chi connectivity index (χ4v) is 1.53. The van der Waals surface area contributed by atoms with E-state index in [1.54, 1.807) is 14.2 Å². The van der Waals surface area contributed by atoms with Gasteiger partial charge in [-0.2, -0.15) is 0 Å². The van der Waals surface area contributed by atoms with Crippen LogP contribution in [0.2, 0.25) is 0 Å². The van der Waals surface area contributed by atoms with E-state index in [0.29, 0.717) is 6.04 Å². The van der Waals surface area contributed by atoms with E-state index in [2.05, 4.69) is 18.3 Å². The molecule has 0 spiro atoms. The van der Waals surface area contributed by atoms with Crippen molar-refractivity contribution in [3.05, 3.63) is 29.8 Å². The van der Waals surface area contributed by atoms with Crippen molar-refractivity contribution in [2.24, 2.45) is 0 Å². The predicted molar refractivity (Wildman–Crippen MR) is 60.0 cm³/mol. The van der Waals surface area contributed by atoms with Gasteiger partial charge in [-0.05, 0) is 19.1 Å². The van der Waals surface area contributed by atoms with E-state index in [-0.39, 0.29) is 0 Å². The Balaban J connectivity index is 2.49. The maximum atomic E-state index is 5.29. The molecular weight excluding hydrogens is 190 g/mol. The number of quaternary nitrogens is 1. The molecule has 1 aromatic rings. The molecule has 0 aliphatic rings. The van der Waals surface area contributed by atoms with Crippen LogP contribution in [0, 0.1) is 0 Å². The molecule has 1 atom stereocenters. The van der Waals surface area contributed by atoms with Gasteiger partial charge in [0.2, 0.25) is 0 Å². The molecule has 0 saturated carbocycles. The van der Waals surface area contributed by atoms with Gasteiger partial charge in [-0.15, -0.1) is 0 Å². The number of benzene rings is 1. The Morgan fingerprint density at radius 2 is 2.00 bits per heavy atom. The highest BCUT2D eigenvalue weighted by Gasteiger charge is 2.07. The van der Waals surface area contributed by atoms with E-state index in [1.807, 2.05) is 18.2 Å². The molecule has 0 amide bonds. The van der Waals surface area contributed by atoms with Gasteiger partial charge in [-0.3, -0.25) is 0 Å². The largest absolute Gasteiger partial charge is 0.496 e. The molecule has 3 heteroatoms. The third-order valence-corrected chi connectivity index (χ3v) is 2.36. The Morgan fingerprint density at radius 1 is 1.27 bits per heavy atom. The average Bonchev–Trinajstić information content (AvgIpc) is 2.27. The number of methoxy groups -OCH3 is 2. The summed E-state index contributed by atoms with van der Waals surface area (Å²) in [5.41, 5.74) is 1.22. The van der Waals surface area contributed by atoms with Crippen molar-refractivity contribution < 1.29 is 14.8 Å². The zero-order valence-electron chi connectivity index (χ0n) is 9.69. The minimum absolute atomic E-state index is 0.472. The third kappa shape index (κ3) is 3.90. The van der Waals surface area contributed by atoms with Crippen molar-refractivity contribution in [3.63, 3.8) is 0 Å². The molecule has 0 fully saturated rings. The van der Waals surface area contributed by atoms with Crippen LogP contribution in [-0.4, -0.2) is 26.9 Å². The molecule has 1 aromatic carbocycles. The average molecular weight is 210 g/mol.